The van der Waals surface area contributed by atoms with Crippen LogP contribution in [0.5, 0.6) is 5.75 Å². The summed E-state index contributed by atoms with van der Waals surface area (Å²) in [4.78, 5) is 4.66. The Hall–Kier alpha value is -1.76. The van der Waals surface area contributed by atoms with E-state index in [0.29, 0.717) is 18.7 Å². The first kappa shape index (κ1) is 19.0. The molecule has 26 heavy (non-hydrogen) atoms. The van der Waals surface area contributed by atoms with E-state index in [-0.39, 0.29) is 23.3 Å². The Morgan fingerprint density at radius 1 is 1.35 bits per heavy atom. The predicted molar refractivity (Wildman–Crippen MR) is 104 cm³/mol. The summed E-state index contributed by atoms with van der Waals surface area (Å²) in [7, 11) is -2.86. The maximum Gasteiger partial charge on any atom is 0.191 e. The van der Waals surface area contributed by atoms with Gasteiger partial charge in [0, 0.05) is 25.1 Å². The summed E-state index contributed by atoms with van der Waals surface area (Å²) in [6.07, 6.45) is 1.53. The Bertz CT molecular complexity index is 774. The van der Waals surface area contributed by atoms with Gasteiger partial charge in [-0.1, -0.05) is 18.2 Å². The van der Waals surface area contributed by atoms with Gasteiger partial charge in [0.1, 0.15) is 11.4 Å². The summed E-state index contributed by atoms with van der Waals surface area (Å²) < 4.78 is 29.4. The highest BCUT2D eigenvalue weighted by molar-refractivity contribution is 7.91. The van der Waals surface area contributed by atoms with E-state index in [1.807, 2.05) is 25.1 Å². The molecule has 2 aliphatic rings. The van der Waals surface area contributed by atoms with E-state index in [1.165, 1.54) is 0 Å². The first-order chi connectivity index (χ1) is 12.3. The third kappa shape index (κ3) is 4.69. The molecule has 6 nitrogen and oxygen atoms in total. The van der Waals surface area contributed by atoms with Crippen LogP contribution in [0.25, 0.3) is 0 Å². The molecule has 1 aromatic carbocycles. The van der Waals surface area contributed by atoms with Crippen LogP contribution in [0.2, 0.25) is 0 Å². The first-order valence-electron chi connectivity index (χ1n) is 9.31. The molecular weight excluding hydrogens is 350 g/mol. The fourth-order valence-corrected chi connectivity index (χ4v) is 5.50. The van der Waals surface area contributed by atoms with Crippen LogP contribution < -0.4 is 15.4 Å². The van der Waals surface area contributed by atoms with E-state index < -0.39 is 9.84 Å². The van der Waals surface area contributed by atoms with Gasteiger partial charge in [0.05, 0.1) is 17.5 Å². The second-order valence-electron chi connectivity index (χ2n) is 7.79. The van der Waals surface area contributed by atoms with Crippen LogP contribution in [0.4, 0.5) is 0 Å². The minimum absolute atomic E-state index is 0.0973. The maximum absolute atomic E-state index is 11.6. The second kappa shape index (κ2) is 7.47. The molecule has 0 amide bonds. The van der Waals surface area contributed by atoms with Crippen LogP contribution in [0.1, 0.15) is 45.2 Å². The number of nitrogens with one attached hydrogen (secondary N) is 2. The minimum atomic E-state index is -2.86. The van der Waals surface area contributed by atoms with Crippen molar-refractivity contribution in [2.75, 3.05) is 24.6 Å². The minimum Gasteiger partial charge on any atom is -0.487 e. The van der Waals surface area contributed by atoms with Crippen LogP contribution >= 0.6 is 0 Å². The molecule has 0 spiro atoms. The average molecular weight is 380 g/mol. The van der Waals surface area contributed by atoms with Crippen molar-refractivity contribution < 1.29 is 13.2 Å². The monoisotopic (exact) mass is 379 g/mol. The summed E-state index contributed by atoms with van der Waals surface area (Å²) in [6, 6.07) is 8.17. The first-order valence-corrected chi connectivity index (χ1v) is 11.1. The fourth-order valence-electron chi connectivity index (χ4n) is 3.65. The van der Waals surface area contributed by atoms with Crippen molar-refractivity contribution in [1.29, 1.82) is 0 Å². The lowest BCUT2D eigenvalue weighted by atomic mass is 9.90. The van der Waals surface area contributed by atoms with Gasteiger partial charge in [-0.25, -0.2) is 8.42 Å². The van der Waals surface area contributed by atoms with Gasteiger partial charge >= 0.3 is 0 Å². The van der Waals surface area contributed by atoms with Crippen LogP contribution in [0.3, 0.4) is 0 Å². The van der Waals surface area contributed by atoms with Crippen molar-refractivity contribution in [2.24, 2.45) is 10.9 Å². The number of sulfone groups is 1. The summed E-state index contributed by atoms with van der Waals surface area (Å²) in [5, 5.41) is 6.80. The molecule has 0 bridgehead atoms. The maximum atomic E-state index is 11.6. The topological polar surface area (TPSA) is 79.8 Å². The summed E-state index contributed by atoms with van der Waals surface area (Å²) >= 11 is 0. The third-order valence-corrected chi connectivity index (χ3v) is 6.70. The van der Waals surface area contributed by atoms with Crippen molar-refractivity contribution in [3.63, 3.8) is 0 Å². The fraction of sp³-hybridized carbons (Fsp3) is 0.632. The van der Waals surface area contributed by atoms with E-state index in [9.17, 15) is 8.42 Å². The lowest BCUT2D eigenvalue weighted by Crippen LogP contribution is -2.45. The number of aliphatic imine (C=N–C) groups is 1. The molecule has 0 saturated carbocycles. The molecule has 144 valence electrons. The van der Waals surface area contributed by atoms with Crippen molar-refractivity contribution in [1.82, 2.24) is 10.6 Å². The Morgan fingerprint density at radius 3 is 2.81 bits per heavy atom. The number of hydrogen-bond donors (Lipinski definition) is 2. The van der Waals surface area contributed by atoms with Gasteiger partial charge in [0.25, 0.3) is 0 Å². The van der Waals surface area contributed by atoms with Gasteiger partial charge in [0.15, 0.2) is 15.8 Å². The Balaban J connectivity index is 1.74. The zero-order valence-electron chi connectivity index (χ0n) is 15.8. The highest BCUT2D eigenvalue weighted by atomic mass is 32.2. The van der Waals surface area contributed by atoms with Crippen LogP contribution in [-0.2, 0) is 9.84 Å². The molecule has 0 aliphatic carbocycles. The SMILES string of the molecule is CCNC(=NCC1CCS(=O)(=O)C1)NC1CC(C)(C)Oc2ccccc21. The summed E-state index contributed by atoms with van der Waals surface area (Å²) in [6.45, 7) is 7.49. The molecule has 2 aliphatic heterocycles. The lowest BCUT2D eigenvalue weighted by Gasteiger charge is -2.38. The number of nitrogens with zero attached hydrogens (tertiary/aromatic N) is 1. The summed E-state index contributed by atoms with van der Waals surface area (Å²) in [5.74, 6) is 2.30. The largest absolute Gasteiger partial charge is 0.487 e. The van der Waals surface area contributed by atoms with Crippen molar-refractivity contribution in [3.8, 4) is 5.75 Å². The normalized spacial score (nSPS) is 26.7. The molecule has 1 aromatic rings. The van der Waals surface area contributed by atoms with Crippen molar-refractivity contribution in [2.45, 2.75) is 45.3 Å². The predicted octanol–water partition coefficient (Wildman–Crippen LogP) is 2.28. The lowest BCUT2D eigenvalue weighted by molar-refractivity contribution is 0.0694. The quantitative estimate of drug-likeness (QED) is 0.620. The van der Waals surface area contributed by atoms with Gasteiger partial charge in [-0.2, -0.15) is 0 Å². The number of rotatable bonds is 4. The molecule has 2 heterocycles. The van der Waals surface area contributed by atoms with E-state index in [0.717, 1.165) is 30.2 Å². The molecule has 2 atom stereocenters. The second-order valence-corrected chi connectivity index (χ2v) is 10.0. The molecule has 3 rings (SSSR count). The Morgan fingerprint density at radius 2 is 2.12 bits per heavy atom. The van der Waals surface area contributed by atoms with Crippen molar-refractivity contribution >= 4 is 15.8 Å². The van der Waals surface area contributed by atoms with Gasteiger partial charge in [-0.15, -0.1) is 0 Å². The zero-order valence-corrected chi connectivity index (χ0v) is 16.6. The standard InChI is InChI=1S/C19H29N3O3S/c1-4-20-18(21-12-14-9-10-26(23,24)13-14)22-16-11-19(2,3)25-17-8-6-5-7-15(16)17/h5-8,14,16H,4,9-13H2,1-3H3,(H2,20,21,22). The third-order valence-electron chi connectivity index (χ3n) is 4.87. The molecule has 1 saturated heterocycles. The van der Waals surface area contributed by atoms with Gasteiger partial charge < -0.3 is 15.4 Å². The van der Waals surface area contributed by atoms with Gasteiger partial charge in [-0.3, -0.25) is 4.99 Å². The molecule has 2 N–H and O–H groups in total. The molecule has 7 heteroatoms. The molecule has 2 unspecified atom stereocenters. The molecule has 0 aromatic heterocycles. The number of hydrogen-bond acceptors (Lipinski definition) is 4. The highest BCUT2D eigenvalue weighted by Gasteiger charge is 2.34. The number of ether oxygens (including phenoxy) is 1. The van der Waals surface area contributed by atoms with E-state index in [2.05, 4.69) is 35.5 Å². The van der Waals surface area contributed by atoms with Crippen LogP contribution in [0, 0.1) is 5.92 Å². The van der Waals surface area contributed by atoms with Crippen LogP contribution in [-0.4, -0.2) is 44.6 Å². The molecular formula is C19H29N3O3S. The van der Waals surface area contributed by atoms with E-state index in [1.54, 1.807) is 0 Å². The molecule has 0 radical (unpaired) electrons. The van der Waals surface area contributed by atoms with Gasteiger partial charge in [-0.05, 0) is 39.2 Å². The number of guanidine groups is 1. The number of benzene rings is 1. The van der Waals surface area contributed by atoms with Gasteiger partial charge in [0.2, 0.25) is 0 Å². The van der Waals surface area contributed by atoms with E-state index >= 15 is 0 Å². The summed E-state index contributed by atoms with van der Waals surface area (Å²) in [5.41, 5.74) is 0.865. The van der Waals surface area contributed by atoms with Crippen molar-refractivity contribution in [3.05, 3.63) is 29.8 Å². The van der Waals surface area contributed by atoms with Crippen LogP contribution in [0.15, 0.2) is 29.3 Å². The number of para-hydroxylation sites is 1. The Kier molecular flexibility index (Phi) is 5.46. The zero-order chi connectivity index (χ0) is 18.8. The van der Waals surface area contributed by atoms with E-state index in [4.69, 9.17) is 4.74 Å². The Labute approximate surface area is 156 Å². The molecule has 1 fully saturated rings. The number of fused-ring (bicyclic) bond motifs is 1. The highest BCUT2D eigenvalue weighted by Crippen LogP contribution is 2.39. The smallest absolute Gasteiger partial charge is 0.191 e. The average Bonchev–Trinajstić information content (AvgIpc) is 2.91.